The molecule has 2 aliphatic rings. The molecule has 1 fully saturated rings. The highest BCUT2D eigenvalue weighted by molar-refractivity contribution is 5.99. The number of halogens is 1. The van der Waals surface area contributed by atoms with Crippen LogP contribution >= 0.6 is 0 Å². The normalized spacial score (nSPS) is 18.9. The van der Waals surface area contributed by atoms with Crippen molar-refractivity contribution in [3.63, 3.8) is 0 Å². The van der Waals surface area contributed by atoms with E-state index in [0.717, 1.165) is 60.9 Å². The number of aromatic nitrogens is 1. The number of pyridine rings is 1. The molecule has 1 amide bonds. The fourth-order valence-corrected chi connectivity index (χ4v) is 5.52. The molecule has 1 aromatic heterocycles. The summed E-state index contributed by atoms with van der Waals surface area (Å²) in [6.07, 6.45) is 9.75. The lowest BCUT2D eigenvalue weighted by molar-refractivity contribution is -0.688. The van der Waals surface area contributed by atoms with Crippen LogP contribution in [-0.4, -0.2) is 29.9 Å². The summed E-state index contributed by atoms with van der Waals surface area (Å²) in [6, 6.07) is 21.3. The Bertz CT molecular complexity index is 1190. The van der Waals surface area contributed by atoms with Gasteiger partial charge in [-0.1, -0.05) is 42.5 Å². The zero-order chi connectivity index (χ0) is 24.2. The molecule has 3 aromatic rings. The summed E-state index contributed by atoms with van der Waals surface area (Å²) < 4.78 is 6.94. The molecular formula is C30H33BrN2O3. The third-order valence-corrected chi connectivity index (χ3v) is 7.62. The van der Waals surface area contributed by atoms with E-state index in [1.54, 1.807) is 0 Å². The van der Waals surface area contributed by atoms with Gasteiger partial charge in [0, 0.05) is 42.3 Å². The number of hydrogen-bond acceptors (Lipinski definition) is 3. The summed E-state index contributed by atoms with van der Waals surface area (Å²) in [5.74, 6) is 0.590. The summed E-state index contributed by atoms with van der Waals surface area (Å²) in [7, 11) is 1.45. The lowest BCUT2D eigenvalue weighted by atomic mass is 9.83. The number of hydrogen-bond donors (Lipinski definition) is 0. The van der Waals surface area contributed by atoms with Crippen molar-refractivity contribution < 1.29 is 35.9 Å². The number of methoxy groups -OCH3 is 1. The second kappa shape index (κ2) is 11.8. The maximum absolute atomic E-state index is 13.3. The van der Waals surface area contributed by atoms with Gasteiger partial charge in [-0.3, -0.25) is 9.59 Å². The van der Waals surface area contributed by atoms with E-state index >= 15 is 0 Å². The molecule has 2 aromatic carbocycles. The van der Waals surface area contributed by atoms with E-state index in [1.165, 1.54) is 12.7 Å². The van der Waals surface area contributed by atoms with Gasteiger partial charge in [-0.05, 0) is 60.8 Å². The number of nitrogens with zero attached hydrogens (tertiary/aromatic N) is 2. The summed E-state index contributed by atoms with van der Waals surface area (Å²) >= 11 is 0. The van der Waals surface area contributed by atoms with Crippen LogP contribution in [0.1, 0.15) is 60.0 Å². The number of esters is 1. The Morgan fingerprint density at radius 1 is 0.972 bits per heavy atom. The van der Waals surface area contributed by atoms with Crippen molar-refractivity contribution in [3.8, 4) is 11.1 Å². The van der Waals surface area contributed by atoms with Crippen molar-refractivity contribution >= 4 is 11.9 Å². The predicted molar refractivity (Wildman–Crippen MR) is 134 cm³/mol. The fraction of sp³-hybridized carbons (Fsp3) is 0.367. The van der Waals surface area contributed by atoms with E-state index in [-0.39, 0.29) is 28.9 Å². The van der Waals surface area contributed by atoms with Gasteiger partial charge >= 0.3 is 5.97 Å². The molecule has 1 aliphatic heterocycles. The van der Waals surface area contributed by atoms with Gasteiger partial charge in [-0.25, -0.2) is 4.57 Å². The van der Waals surface area contributed by atoms with E-state index in [1.807, 2.05) is 6.07 Å². The molecule has 5 nitrogen and oxygen atoms in total. The van der Waals surface area contributed by atoms with E-state index in [0.29, 0.717) is 24.9 Å². The number of carbonyl (C=O) groups excluding carboxylic acids is 2. The van der Waals surface area contributed by atoms with Crippen molar-refractivity contribution in [1.82, 2.24) is 4.90 Å². The van der Waals surface area contributed by atoms with Crippen molar-refractivity contribution in [2.24, 2.45) is 5.92 Å². The molecule has 5 rings (SSSR count). The fourth-order valence-electron chi connectivity index (χ4n) is 5.52. The smallest absolute Gasteiger partial charge is 0.305 e. The van der Waals surface area contributed by atoms with E-state index < -0.39 is 0 Å². The topological polar surface area (TPSA) is 50.5 Å². The molecule has 0 unspecified atom stereocenters. The number of rotatable bonds is 7. The zero-order valence-corrected chi connectivity index (χ0v) is 22.3. The lowest BCUT2D eigenvalue weighted by Gasteiger charge is -2.34. The third kappa shape index (κ3) is 5.86. The predicted octanol–water partition coefficient (Wildman–Crippen LogP) is 2.16. The molecule has 0 spiro atoms. The number of amides is 1. The van der Waals surface area contributed by atoms with Gasteiger partial charge in [0.2, 0.25) is 0 Å². The Labute approximate surface area is 223 Å². The largest absolute Gasteiger partial charge is 1.00 e. The average Bonchev–Trinajstić information content (AvgIpc) is 3.24. The third-order valence-electron chi connectivity index (χ3n) is 7.62. The van der Waals surface area contributed by atoms with Crippen molar-refractivity contribution in [3.05, 3.63) is 89.7 Å². The van der Waals surface area contributed by atoms with Crippen LogP contribution in [-0.2, 0) is 22.6 Å². The first-order valence-electron chi connectivity index (χ1n) is 12.6. The molecule has 1 saturated carbocycles. The van der Waals surface area contributed by atoms with Gasteiger partial charge in [-0.2, -0.15) is 0 Å². The number of benzene rings is 2. The van der Waals surface area contributed by atoms with Gasteiger partial charge in [0.05, 0.1) is 7.11 Å². The van der Waals surface area contributed by atoms with Crippen molar-refractivity contribution in [1.29, 1.82) is 0 Å². The first-order chi connectivity index (χ1) is 17.1. The SMILES string of the molecule is COC(=O)CCC1CCC(N2Cc3ccc(-c4cc[n+](Cc5ccccc5)cc4)cc3C2=O)CC1.[Br-]. The molecule has 6 heteroatoms. The molecule has 2 heterocycles. The van der Waals surface area contributed by atoms with Crippen molar-refractivity contribution in [2.45, 2.75) is 57.7 Å². The van der Waals surface area contributed by atoms with Gasteiger partial charge in [0.25, 0.3) is 5.91 Å². The van der Waals surface area contributed by atoms with Crippen LogP contribution in [0.3, 0.4) is 0 Å². The van der Waals surface area contributed by atoms with Gasteiger partial charge in [0.15, 0.2) is 18.9 Å². The Morgan fingerprint density at radius 3 is 2.39 bits per heavy atom. The molecule has 0 saturated heterocycles. The Morgan fingerprint density at radius 2 is 1.69 bits per heavy atom. The Hall–Kier alpha value is -2.99. The summed E-state index contributed by atoms with van der Waals surface area (Å²) in [4.78, 5) is 26.8. The summed E-state index contributed by atoms with van der Waals surface area (Å²) in [5.41, 5.74) is 5.44. The molecule has 36 heavy (non-hydrogen) atoms. The van der Waals surface area contributed by atoms with Crippen LogP contribution < -0.4 is 21.5 Å². The Balaban J connectivity index is 0.00000304. The number of ether oxygens (including phenoxy) is 1. The molecule has 0 bridgehead atoms. The monoisotopic (exact) mass is 548 g/mol. The number of fused-ring (bicyclic) bond motifs is 1. The highest BCUT2D eigenvalue weighted by Gasteiger charge is 2.35. The minimum Gasteiger partial charge on any atom is -1.00 e. The molecule has 0 atom stereocenters. The highest BCUT2D eigenvalue weighted by atomic mass is 79.9. The number of carbonyl (C=O) groups is 2. The quantitative estimate of drug-likeness (QED) is 0.336. The minimum atomic E-state index is -0.127. The highest BCUT2D eigenvalue weighted by Crippen LogP contribution is 2.36. The van der Waals surface area contributed by atoms with Crippen LogP contribution in [0.5, 0.6) is 0 Å². The van der Waals surface area contributed by atoms with Gasteiger partial charge in [-0.15, -0.1) is 0 Å². The van der Waals surface area contributed by atoms with Gasteiger partial charge < -0.3 is 26.6 Å². The maximum atomic E-state index is 13.3. The first-order valence-corrected chi connectivity index (χ1v) is 12.6. The van der Waals surface area contributed by atoms with Crippen LogP contribution in [0, 0.1) is 5.92 Å². The van der Waals surface area contributed by atoms with Crippen molar-refractivity contribution in [2.75, 3.05) is 7.11 Å². The molecule has 0 radical (unpaired) electrons. The second-order valence-electron chi connectivity index (χ2n) is 9.84. The average molecular weight is 550 g/mol. The molecular weight excluding hydrogens is 516 g/mol. The molecule has 188 valence electrons. The van der Waals surface area contributed by atoms with Gasteiger partial charge in [0.1, 0.15) is 0 Å². The molecule has 0 N–H and O–H groups in total. The second-order valence-corrected chi connectivity index (χ2v) is 9.84. The maximum Gasteiger partial charge on any atom is 0.305 e. The lowest BCUT2D eigenvalue weighted by Crippen LogP contribution is -3.00. The minimum absolute atomic E-state index is 0. The van der Waals surface area contributed by atoms with Crippen LogP contribution in [0.4, 0.5) is 0 Å². The Kier molecular flexibility index (Phi) is 8.57. The first kappa shape index (κ1) is 26.1. The van der Waals surface area contributed by atoms with Crippen LogP contribution in [0.2, 0.25) is 0 Å². The van der Waals surface area contributed by atoms with E-state index in [9.17, 15) is 9.59 Å². The standard InChI is InChI=1S/C30H33N2O3.BrH/c1-35-29(33)14-9-22-7-12-27(13-8-22)32-21-26-11-10-25(19-28(26)30(32)34)24-15-17-31(18-16-24)20-23-5-3-2-4-6-23;/h2-6,10-11,15-19,22,27H,7-9,12-14,20-21H2,1H3;1H/q+1;/p-1. The summed E-state index contributed by atoms with van der Waals surface area (Å²) in [5, 5.41) is 0. The van der Waals surface area contributed by atoms with Crippen LogP contribution in [0.15, 0.2) is 73.1 Å². The zero-order valence-electron chi connectivity index (χ0n) is 20.7. The van der Waals surface area contributed by atoms with E-state index in [2.05, 4.69) is 76.5 Å². The van der Waals surface area contributed by atoms with E-state index in [4.69, 9.17) is 4.74 Å². The molecule has 1 aliphatic carbocycles. The van der Waals surface area contributed by atoms with Crippen LogP contribution in [0.25, 0.3) is 11.1 Å². The summed E-state index contributed by atoms with van der Waals surface area (Å²) in [6.45, 7) is 1.54.